The van der Waals surface area contributed by atoms with Crippen LogP contribution in [0.3, 0.4) is 0 Å². The Labute approximate surface area is 131 Å². The summed E-state index contributed by atoms with van der Waals surface area (Å²) in [7, 11) is 0. The average molecular weight is 300 g/mol. The third-order valence-electron chi connectivity index (χ3n) is 4.70. The van der Waals surface area contributed by atoms with Gasteiger partial charge in [-0.3, -0.25) is 4.79 Å². The van der Waals surface area contributed by atoms with Crippen LogP contribution >= 0.6 is 0 Å². The van der Waals surface area contributed by atoms with Crippen molar-refractivity contribution >= 4 is 16.9 Å². The molecule has 1 atom stereocenters. The van der Waals surface area contributed by atoms with Gasteiger partial charge in [-0.05, 0) is 38.3 Å². The molecule has 4 heteroatoms. The number of hydrogen-bond acceptors (Lipinski definition) is 3. The Morgan fingerprint density at radius 2 is 2.00 bits per heavy atom. The molecule has 1 amide bonds. The highest BCUT2D eigenvalue weighted by Crippen LogP contribution is 2.29. The summed E-state index contributed by atoms with van der Waals surface area (Å²) >= 11 is 0. The number of benzene rings is 1. The van der Waals surface area contributed by atoms with E-state index in [0.29, 0.717) is 6.04 Å². The summed E-state index contributed by atoms with van der Waals surface area (Å²) in [6.45, 7) is 7.62. The molecule has 1 aliphatic rings. The standard InChI is InChI=1S/C18H24N2O2/c1-12-16-6-4-5-7-17(16)22-18(12)13(2)19-15-8-10-20(11-9-15)14(3)21/h4-7,13,15,19H,8-11H2,1-3H3/t13-/m0/s1. The van der Waals surface area contributed by atoms with E-state index in [1.165, 1.54) is 10.9 Å². The first-order valence-corrected chi connectivity index (χ1v) is 8.06. The van der Waals surface area contributed by atoms with Crippen LogP contribution < -0.4 is 5.32 Å². The van der Waals surface area contributed by atoms with Gasteiger partial charge in [0.2, 0.25) is 5.91 Å². The zero-order valence-electron chi connectivity index (χ0n) is 13.6. The van der Waals surface area contributed by atoms with E-state index < -0.39 is 0 Å². The van der Waals surface area contributed by atoms with Crippen LogP contribution in [0.5, 0.6) is 0 Å². The quantitative estimate of drug-likeness (QED) is 0.945. The molecule has 118 valence electrons. The second-order valence-corrected chi connectivity index (χ2v) is 6.26. The molecule has 22 heavy (non-hydrogen) atoms. The molecule has 2 aromatic rings. The molecular weight excluding hydrogens is 276 g/mol. The molecule has 0 bridgehead atoms. The van der Waals surface area contributed by atoms with Gasteiger partial charge in [0, 0.05) is 31.4 Å². The SMILES string of the molecule is CC(=O)N1CCC(N[C@@H](C)c2oc3ccccc3c2C)CC1. The third-order valence-corrected chi connectivity index (χ3v) is 4.70. The van der Waals surface area contributed by atoms with Crippen molar-refractivity contribution in [2.24, 2.45) is 0 Å². The lowest BCUT2D eigenvalue weighted by Crippen LogP contribution is -2.44. The van der Waals surface area contributed by atoms with E-state index in [1.807, 2.05) is 23.1 Å². The van der Waals surface area contributed by atoms with Crippen molar-refractivity contribution in [3.05, 3.63) is 35.6 Å². The lowest BCUT2D eigenvalue weighted by molar-refractivity contribution is -0.129. The van der Waals surface area contributed by atoms with Gasteiger partial charge in [-0.25, -0.2) is 0 Å². The third kappa shape index (κ3) is 2.88. The largest absolute Gasteiger partial charge is 0.459 e. The van der Waals surface area contributed by atoms with Crippen molar-refractivity contribution in [3.63, 3.8) is 0 Å². The Hall–Kier alpha value is -1.81. The van der Waals surface area contributed by atoms with Crippen molar-refractivity contribution in [1.29, 1.82) is 0 Å². The number of fused-ring (bicyclic) bond motifs is 1. The predicted octanol–water partition coefficient (Wildman–Crippen LogP) is 3.40. The van der Waals surface area contributed by atoms with E-state index in [4.69, 9.17) is 4.42 Å². The minimum absolute atomic E-state index is 0.180. The van der Waals surface area contributed by atoms with Crippen molar-refractivity contribution in [3.8, 4) is 0 Å². The smallest absolute Gasteiger partial charge is 0.219 e. The Kier molecular flexibility index (Phi) is 4.21. The van der Waals surface area contributed by atoms with Gasteiger partial charge >= 0.3 is 0 Å². The summed E-state index contributed by atoms with van der Waals surface area (Å²) in [5.41, 5.74) is 2.17. The van der Waals surface area contributed by atoms with Gasteiger partial charge in [-0.1, -0.05) is 18.2 Å². The van der Waals surface area contributed by atoms with Crippen molar-refractivity contribution in [1.82, 2.24) is 10.2 Å². The fourth-order valence-electron chi connectivity index (χ4n) is 3.40. The highest BCUT2D eigenvalue weighted by atomic mass is 16.3. The van der Waals surface area contributed by atoms with Gasteiger partial charge in [0.15, 0.2) is 0 Å². The molecule has 1 aliphatic heterocycles. The maximum atomic E-state index is 11.4. The average Bonchev–Trinajstić information content (AvgIpc) is 2.85. The van der Waals surface area contributed by atoms with Crippen molar-refractivity contribution in [2.75, 3.05) is 13.1 Å². The summed E-state index contributed by atoms with van der Waals surface area (Å²) in [6, 6.07) is 8.80. The number of rotatable bonds is 3. The minimum Gasteiger partial charge on any atom is -0.459 e. The van der Waals surface area contributed by atoms with Gasteiger partial charge in [-0.15, -0.1) is 0 Å². The molecular formula is C18H24N2O2. The number of hydrogen-bond donors (Lipinski definition) is 1. The summed E-state index contributed by atoms with van der Waals surface area (Å²) < 4.78 is 6.03. The summed E-state index contributed by atoms with van der Waals surface area (Å²) in [4.78, 5) is 13.3. The monoisotopic (exact) mass is 300 g/mol. The van der Waals surface area contributed by atoms with Gasteiger partial charge in [0.05, 0.1) is 6.04 Å². The lowest BCUT2D eigenvalue weighted by Gasteiger charge is -2.33. The van der Waals surface area contributed by atoms with Gasteiger partial charge in [0.1, 0.15) is 11.3 Å². The van der Waals surface area contributed by atoms with E-state index in [9.17, 15) is 4.79 Å². The topological polar surface area (TPSA) is 45.5 Å². The Bertz CT molecular complexity index is 669. The number of furan rings is 1. The van der Waals surface area contributed by atoms with Crippen LogP contribution in [0.25, 0.3) is 11.0 Å². The second-order valence-electron chi connectivity index (χ2n) is 6.26. The maximum absolute atomic E-state index is 11.4. The van der Waals surface area contributed by atoms with Crippen LogP contribution in [0, 0.1) is 6.92 Å². The number of carbonyl (C=O) groups is 1. The predicted molar refractivity (Wildman–Crippen MR) is 87.8 cm³/mol. The molecule has 1 saturated heterocycles. The van der Waals surface area contributed by atoms with Crippen molar-refractivity contribution < 1.29 is 9.21 Å². The molecule has 4 nitrogen and oxygen atoms in total. The van der Waals surface area contributed by atoms with Gasteiger partial charge in [-0.2, -0.15) is 0 Å². The molecule has 1 fully saturated rings. The zero-order chi connectivity index (χ0) is 15.7. The molecule has 0 spiro atoms. The Morgan fingerprint density at radius 3 is 2.64 bits per heavy atom. The van der Waals surface area contributed by atoms with E-state index in [2.05, 4.69) is 25.2 Å². The number of nitrogens with zero attached hydrogens (tertiary/aromatic N) is 1. The first kappa shape index (κ1) is 15.1. The van der Waals surface area contributed by atoms with E-state index in [-0.39, 0.29) is 11.9 Å². The number of amides is 1. The van der Waals surface area contributed by atoms with Crippen LogP contribution in [-0.2, 0) is 4.79 Å². The van der Waals surface area contributed by atoms with Crippen LogP contribution in [0.1, 0.15) is 44.1 Å². The van der Waals surface area contributed by atoms with Gasteiger partial charge in [0.25, 0.3) is 0 Å². The lowest BCUT2D eigenvalue weighted by atomic mass is 10.0. The molecule has 0 aliphatic carbocycles. The maximum Gasteiger partial charge on any atom is 0.219 e. The Morgan fingerprint density at radius 1 is 1.32 bits per heavy atom. The van der Waals surface area contributed by atoms with Crippen molar-refractivity contribution in [2.45, 2.75) is 45.7 Å². The summed E-state index contributed by atoms with van der Waals surface area (Å²) in [5.74, 6) is 1.20. The highest BCUT2D eigenvalue weighted by molar-refractivity contribution is 5.82. The molecule has 1 aromatic carbocycles. The minimum atomic E-state index is 0.180. The molecule has 0 unspecified atom stereocenters. The highest BCUT2D eigenvalue weighted by Gasteiger charge is 2.24. The van der Waals surface area contributed by atoms with Crippen LogP contribution in [0.4, 0.5) is 0 Å². The first-order valence-electron chi connectivity index (χ1n) is 8.06. The molecule has 1 aromatic heterocycles. The molecule has 0 saturated carbocycles. The number of carbonyl (C=O) groups excluding carboxylic acids is 1. The number of aryl methyl sites for hydroxylation is 1. The number of para-hydroxylation sites is 1. The number of likely N-dealkylation sites (tertiary alicyclic amines) is 1. The van der Waals surface area contributed by atoms with Crippen LogP contribution in [0.2, 0.25) is 0 Å². The summed E-state index contributed by atoms with van der Waals surface area (Å²) in [5, 5.41) is 4.86. The second kappa shape index (κ2) is 6.13. The van der Waals surface area contributed by atoms with Crippen LogP contribution in [-0.4, -0.2) is 29.9 Å². The van der Waals surface area contributed by atoms with E-state index in [1.54, 1.807) is 6.92 Å². The normalized spacial score (nSPS) is 17.9. The first-order chi connectivity index (χ1) is 10.6. The van der Waals surface area contributed by atoms with Gasteiger partial charge < -0.3 is 14.6 Å². The zero-order valence-corrected chi connectivity index (χ0v) is 13.6. The molecule has 2 heterocycles. The summed E-state index contributed by atoms with van der Waals surface area (Å²) in [6.07, 6.45) is 2.01. The fraction of sp³-hybridized carbons (Fsp3) is 0.500. The van der Waals surface area contributed by atoms with E-state index >= 15 is 0 Å². The Balaban J connectivity index is 1.68. The molecule has 1 N–H and O–H groups in total. The van der Waals surface area contributed by atoms with Crippen LogP contribution in [0.15, 0.2) is 28.7 Å². The number of piperidine rings is 1. The molecule has 0 radical (unpaired) electrons. The van der Waals surface area contributed by atoms with E-state index in [0.717, 1.165) is 37.3 Å². The fourth-order valence-corrected chi connectivity index (χ4v) is 3.40. The molecule has 3 rings (SSSR count). The number of nitrogens with one attached hydrogen (secondary N) is 1.